The molecule has 1 amide bonds. The van der Waals surface area contributed by atoms with Crippen molar-refractivity contribution in [1.29, 1.82) is 0 Å². The van der Waals surface area contributed by atoms with Crippen LogP contribution in [0.4, 0.5) is 14.5 Å². The van der Waals surface area contributed by atoms with Gasteiger partial charge in [-0.15, -0.1) is 0 Å². The van der Waals surface area contributed by atoms with E-state index in [-0.39, 0.29) is 34.9 Å². The number of methoxy groups -OCH3 is 1. The Morgan fingerprint density at radius 3 is 2.61 bits per heavy atom. The Morgan fingerprint density at radius 2 is 1.92 bits per heavy atom. The molecule has 2 aromatic carbocycles. The van der Waals surface area contributed by atoms with E-state index in [2.05, 4.69) is 15.3 Å². The second-order valence-corrected chi connectivity index (χ2v) is 8.36. The van der Waals surface area contributed by atoms with Crippen LogP contribution in [0, 0.1) is 13.8 Å². The number of alkyl halides is 2. The topological polar surface area (TPSA) is 89.3 Å². The largest absolute Gasteiger partial charge is 0.496 e. The van der Waals surface area contributed by atoms with Crippen molar-refractivity contribution in [3.8, 4) is 28.4 Å². The van der Waals surface area contributed by atoms with E-state index in [0.717, 1.165) is 5.56 Å². The molecule has 0 atom stereocenters. The number of anilines is 1. The third kappa shape index (κ3) is 4.64. The first kappa shape index (κ1) is 24.8. The average molecular weight is 493 g/mol. The summed E-state index contributed by atoms with van der Waals surface area (Å²) in [5.74, 6) is -2.96. The number of benzene rings is 2. The van der Waals surface area contributed by atoms with Gasteiger partial charge >= 0.3 is 0 Å². The summed E-state index contributed by atoms with van der Waals surface area (Å²) in [7, 11) is 1.56. The predicted octanol–water partition coefficient (Wildman–Crippen LogP) is 6.23. The molecule has 2 aromatic heterocycles. The number of hydrogen-bond acceptors (Lipinski definition) is 5. The number of ether oxygens (including phenoxy) is 1. The highest BCUT2D eigenvalue weighted by molar-refractivity contribution is 6.04. The highest BCUT2D eigenvalue weighted by Gasteiger charge is 2.29. The normalized spacial score (nSPS) is 11.4. The zero-order valence-corrected chi connectivity index (χ0v) is 20.3. The van der Waals surface area contributed by atoms with Crippen molar-refractivity contribution in [2.75, 3.05) is 12.4 Å². The van der Waals surface area contributed by atoms with Crippen molar-refractivity contribution in [2.24, 2.45) is 0 Å². The molecule has 36 heavy (non-hydrogen) atoms. The minimum atomic E-state index is -3.01. The Morgan fingerprint density at radius 1 is 1.14 bits per heavy atom. The molecule has 0 aliphatic rings. The van der Waals surface area contributed by atoms with Crippen LogP contribution in [-0.4, -0.2) is 32.9 Å². The summed E-state index contributed by atoms with van der Waals surface area (Å²) in [5.41, 5.74) is 3.03. The predicted molar refractivity (Wildman–Crippen MR) is 133 cm³/mol. The van der Waals surface area contributed by atoms with Crippen molar-refractivity contribution in [3.63, 3.8) is 0 Å². The van der Waals surface area contributed by atoms with Crippen LogP contribution in [-0.2, 0) is 5.92 Å². The van der Waals surface area contributed by atoms with Gasteiger partial charge in [-0.25, -0.2) is 13.8 Å². The number of pyridine rings is 1. The Bertz CT molecular complexity index is 1430. The van der Waals surface area contributed by atoms with E-state index in [4.69, 9.17) is 4.74 Å². The van der Waals surface area contributed by atoms with Crippen molar-refractivity contribution in [1.82, 2.24) is 14.7 Å². The summed E-state index contributed by atoms with van der Waals surface area (Å²) in [6.07, 6.45) is 1.32. The molecule has 0 saturated heterocycles. The van der Waals surface area contributed by atoms with Crippen molar-refractivity contribution in [2.45, 2.75) is 33.1 Å². The Kier molecular flexibility index (Phi) is 6.74. The molecule has 0 radical (unpaired) electrons. The first-order valence-corrected chi connectivity index (χ1v) is 11.3. The van der Waals surface area contributed by atoms with Gasteiger partial charge in [0.05, 0.1) is 18.5 Å². The Hall–Kier alpha value is -4.27. The third-order valence-electron chi connectivity index (χ3n) is 5.95. The lowest BCUT2D eigenvalue weighted by molar-refractivity contribution is -0.00824. The third-order valence-corrected chi connectivity index (χ3v) is 5.95. The van der Waals surface area contributed by atoms with Crippen molar-refractivity contribution < 1.29 is 23.5 Å². The number of imidazole rings is 1. The number of nitrogens with one attached hydrogen (secondary N) is 1. The second-order valence-electron chi connectivity index (χ2n) is 8.36. The number of amides is 1. The Balaban J connectivity index is 1.70. The standard InChI is InChI=1S/C27H26F2N4O3/c1-5-27(28,29)19-9-6-10-20(15-19)32-26(34)24-17(3)31-25(33(24)35)18-11-12-22(36-4)21(14-18)23-16(2)8-7-13-30-23/h6-15,35H,5H2,1-4H3,(H,32,34). The van der Waals surface area contributed by atoms with Gasteiger partial charge in [-0.3, -0.25) is 9.78 Å². The van der Waals surface area contributed by atoms with Gasteiger partial charge in [0.1, 0.15) is 5.75 Å². The lowest BCUT2D eigenvalue weighted by atomic mass is 10.0. The number of rotatable bonds is 7. The summed E-state index contributed by atoms with van der Waals surface area (Å²) in [5, 5.41) is 13.5. The van der Waals surface area contributed by atoms with Gasteiger partial charge in [-0.05, 0) is 55.8 Å². The first-order valence-electron chi connectivity index (χ1n) is 11.3. The quantitative estimate of drug-likeness (QED) is 0.299. The van der Waals surface area contributed by atoms with Crippen LogP contribution in [0.25, 0.3) is 22.6 Å². The minimum absolute atomic E-state index is 0.107. The van der Waals surface area contributed by atoms with Crippen LogP contribution >= 0.6 is 0 Å². The molecule has 186 valence electrons. The highest BCUT2D eigenvalue weighted by Crippen LogP contribution is 2.35. The van der Waals surface area contributed by atoms with E-state index in [1.54, 1.807) is 38.4 Å². The van der Waals surface area contributed by atoms with Crippen molar-refractivity contribution >= 4 is 11.6 Å². The first-order chi connectivity index (χ1) is 17.2. The molecule has 2 N–H and O–H groups in total. The maximum absolute atomic E-state index is 14.1. The molecule has 7 nitrogen and oxygen atoms in total. The van der Waals surface area contributed by atoms with Crippen LogP contribution < -0.4 is 10.1 Å². The second kappa shape index (κ2) is 9.77. The summed E-state index contributed by atoms with van der Waals surface area (Å²) in [4.78, 5) is 21.9. The molecule has 2 heterocycles. The summed E-state index contributed by atoms with van der Waals surface area (Å²) >= 11 is 0. The van der Waals surface area contributed by atoms with Gasteiger partial charge in [0.2, 0.25) is 0 Å². The van der Waals surface area contributed by atoms with Crippen molar-refractivity contribution in [3.05, 3.63) is 83.3 Å². The zero-order valence-electron chi connectivity index (χ0n) is 20.3. The fourth-order valence-corrected chi connectivity index (χ4v) is 3.98. The average Bonchev–Trinajstić information content (AvgIpc) is 3.17. The molecule has 0 spiro atoms. The van der Waals surface area contributed by atoms with E-state index in [0.29, 0.717) is 27.3 Å². The maximum atomic E-state index is 14.1. The molecule has 0 aliphatic heterocycles. The smallest absolute Gasteiger partial charge is 0.277 e. The molecular formula is C27H26F2N4O3. The number of halogens is 2. The highest BCUT2D eigenvalue weighted by atomic mass is 19.3. The van der Waals surface area contributed by atoms with Gasteiger partial charge in [0, 0.05) is 35.0 Å². The summed E-state index contributed by atoms with van der Waals surface area (Å²) in [6.45, 7) is 4.90. The summed E-state index contributed by atoms with van der Waals surface area (Å²) < 4.78 is 34.4. The van der Waals surface area contributed by atoms with E-state index in [1.807, 2.05) is 19.1 Å². The monoisotopic (exact) mass is 492 g/mol. The molecule has 0 saturated carbocycles. The number of carbonyl (C=O) groups excluding carboxylic acids is 1. The molecule has 0 fully saturated rings. The maximum Gasteiger partial charge on any atom is 0.277 e. The van der Waals surface area contributed by atoms with Gasteiger partial charge in [0.25, 0.3) is 11.8 Å². The lowest BCUT2D eigenvalue weighted by Gasteiger charge is -2.15. The number of hydrogen-bond donors (Lipinski definition) is 2. The van der Waals surface area contributed by atoms with E-state index in [1.165, 1.54) is 31.2 Å². The van der Waals surface area contributed by atoms with Crippen LogP contribution in [0.1, 0.15) is 40.7 Å². The number of nitrogens with zero attached hydrogens (tertiary/aromatic N) is 3. The fourth-order valence-electron chi connectivity index (χ4n) is 3.98. The van der Waals surface area contributed by atoms with E-state index >= 15 is 0 Å². The number of carbonyl (C=O) groups is 1. The van der Waals surface area contributed by atoms with Crippen LogP contribution in [0.5, 0.6) is 5.75 Å². The van der Waals surface area contributed by atoms with Crippen LogP contribution in [0.2, 0.25) is 0 Å². The van der Waals surface area contributed by atoms with Gasteiger partial charge in [0.15, 0.2) is 11.5 Å². The van der Waals surface area contributed by atoms with Crippen LogP contribution in [0.3, 0.4) is 0 Å². The number of aryl methyl sites for hydroxylation is 2. The molecule has 0 bridgehead atoms. The molecule has 0 aliphatic carbocycles. The SMILES string of the molecule is CCC(F)(F)c1cccc(NC(=O)c2c(C)nc(-c3ccc(OC)c(-c4ncccc4C)c3)n2O)c1. The molecule has 4 aromatic rings. The molecule has 9 heteroatoms. The van der Waals surface area contributed by atoms with Gasteiger partial charge in [-0.1, -0.05) is 25.1 Å². The van der Waals surface area contributed by atoms with Gasteiger partial charge < -0.3 is 15.3 Å². The minimum Gasteiger partial charge on any atom is -0.496 e. The fraction of sp³-hybridized carbons (Fsp3) is 0.222. The molecule has 4 rings (SSSR count). The van der Waals surface area contributed by atoms with Crippen LogP contribution in [0.15, 0.2) is 60.8 Å². The zero-order chi connectivity index (χ0) is 26.0. The molecule has 0 unspecified atom stereocenters. The van der Waals surface area contributed by atoms with Gasteiger partial charge in [-0.2, -0.15) is 4.73 Å². The van der Waals surface area contributed by atoms with E-state index < -0.39 is 11.8 Å². The summed E-state index contributed by atoms with van der Waals surface area (Å²) in [6, 6.07) is 14.5. The lowest BCUT2D eigenvalue weighted by Crippen LogP contribution is -2.18. The Labute approximate surface area is 207 Å². The molecular weight excluding hydrogens is 466 g/mol. The number of aromatic nitrogens is 3. The van der Waals surface area contributed by atoms with E-state index in [9.17, 15) is 18.8 Å².